The summed E-state index contributed by atoms with van der Waals surface area (Å²) in [6, 6.07) is 0.196. The fraction of sp³-hybridized carbons (Fsp3) is 0.583. The van der Waals surface area contributed by atoms with Gasteiger partial charge < -0.3 is 10.6 Å². The van der Waals surface area contributed by atoms with Crippen LogP contribution in [0.4, 0.5) is 5.95 Å². The SMILES string of the molecule is Cc1ncc(-c2nc(N3CCC(C)C(N)C3)n[nH]2)s1. The Hall–Kier alpha value is -1.47. The van der Waals surface area contributed by atoms with Crippen LogP contribution in [0, 0.1) is 12.8 Å². The zero-order chi connectivity index (χ0) is 13.4. The molecule has 2 atom stereocenters. The van der Waals surface area contributed by atoms with E-state index in [1.165, 1.54) is 0 Å². The number of aryl methyl sites for hydroxylation is 1. The van der Waals surface area contributed by atoms with Crippen LogP contribution in [-0.2, 0) is 0 Å². The van der Waals surface area contributed by atoms with Crippen LogP contribution in [0.1, 0.15) is 18.4 Å². The van der Waals surface area contributed by atoms with Crippen molar-refractivity contribution in [1.29, 1.82) is 0 Å². The molecule has 0 saturated carbocycles. The highest BCUT2D eigenvalue weighted by Crippen LogP contribution is 2.25. The number of H-pyrrole nitrogens is 1. The molecule has 2 aromatic rings. The molecule has 0 spiro atoms. The number of nitrogens with two attached hydrogens (primary N) is 1. The van der Waals surface area contributed by atoms with Crippen molar-refractivity contribution in [3.63, 3.8) is 0 Å². The standard InChI is InChI=1S/C12H18N6S/c1-7-3-4-18(6-9(7)13)12-15-11(16-17-12)10-5-14-8(2)19-10/h5,7,9H,3-4,6,13H2,1-2H3,(H,15,16,17). The van der Waals surface area contributed by atoms with Crippen LogP contribution in [0.3, 0.4) is 0 Å². The van der Waals surface area contributed by atoms with Crippen molar-refractivity contribution in [3.05, 3.63) is 11.2 Å². The third kappa shape index (κ3) is 2.48. The third-order valence-corrected chi connectivity index (χ3v) is 4.55. The van der Waals surface area contributed by atoms with Gasteiger partial charge in [0, 0.05) is 25.3 Å². The molecule has 0 amide bonds. The highest BCUT2D eigenvalue weighted by Gasteiger charge is 2.25. The van der Waals surface area contributed by atoms with Gasteiger partial charge in [0.05, 0.1) is 9.88 Å². The molecule has 102 valence electrons. The number of hydrogen-bond acceptors (Lipinski definition) is 6. The maximum absolute atomic E-state index is 6.11. The van der Waals surface area contributed by atoms with Crippen molar-refractivity contribution in [1.82, 2.24) is 20.2 Å². The summed E-state index contributed by atoms with van der Waals surface area (Å²) in [5, 5.41) is 8.31. The molecule has 2 aromatic heterocycles. The van der Waals surface area contributed by atoms with Gasteiger partial charge in [-0.25, -0.2) is 4.98 Å². The summed E-state index contributed by atoms with van der Waals surface area (Å²) in [7, 11) is 0. The molecule has 0 aliphatic carbocycles. The molecule has 0 bridgehead atoms. The van der Waals surface area contributed by atoms with Crippen LogP contribution in [0.2, 0.25) is 0 Å². The molecule has 7 heteroatoms. The van der Waals surface area contributed by atoms with Crippen molar-refractivity contribution in [2.24, 2.45) is 11.7 Å². The molecule has 1 aliphatic heterocycles. The number of aromatic nitrogens is 4. The molecule has 1 aliphatic rings. The van der Waals surface area contributed by atoms with E-state index in [1.807, 2.05) is 13.1 Å². The van der Waals surface area contributed by atoms with Gasteiger partial charge in [0.25, 0.3) is 0 Å². The highest BCUT2D eigenvalue weighted by atomic mass is 32.1. The first-order valence-electron chi connectivity index (χ1n) is 6.49. The van der Waals surface area contributed by atoms with Crippen molar-refractivity contribution >= 4 is 17.3 Å². The number of thiazole rings is 1. The van der Waals surface area contributed by atoms with Crippen molar-refractivity contribution in [3.8, 4) is 10.7 Å². The second-order valence-electron chi connectivity index (χ2n) is 5.10. The van der Waals surface area contributed by atoms with Gasteiger partial charge >= 0.3 is 0 Å². The molecular weight excluding hydrogens is 260 g/mol. The van der Waals surface area contributed by atoms with E-state index < -0.39 is 0 Å². The smallest absolute Gasteiger partial charge is 0.245 e. The third-order valence-electron chi connectivity index (χ3n) is 3.63. The Morgan fingerprint density at radius 2 is 2.37 bits per heavy atom. The van der Waals surface area contributed by atoms with E-state index >= 15 is 0 Å². The molecule has 1 saturated heterocycles. The van der Waals surface area contributed by atoms with Crippen LogP contribution in [0.5, 0.6) is 0 Å². The van der Waals surface area contributed by atoms with Crippen molar-refractivity contribution in [2.45, 2.75) is 26.3 Å². The monoisotopic (exact) mass is 278 g/mol. The lowest BCUT2D eigenvalue weighted by atomic mass is 9.95. The summed E-state index contributed by atoms with van der Waals surface area (Å²) < 4.78 is 0. The van der Waals surface area contributed by atoms with Gasteiger partial charge in [0.1, 0.15) is 0 Å². The molecule has 0 aromatic carbocycles. The van der Waals surface area contributed by atoms with Crippen molar-refractivity contribution in [2.75, 3.05) is 18.0 Å². The van der Waals surface area contributed by atoms with Crippen LogP contribution in [0.25, 0.3) is 10.7 Å². The summed E-state index contributed by atoms with van der Waals surface area (Å²) in [4.78, 5) is 12.0. The topological polar surface area (TPSA) is 83.7 Å². The number of anilines is 1. The predicted molar refractivity (Wildman–Crippen MR) is 76.2 cm³/mol. The minimum Gasteiger partial charge on any atom is -0.338 e. The summed E-state index contributed by atoms with van der Waals surface area (Å²) in [6.07, 6.45) is 2.92. The van der Waals surface area contributed by atoms with E-state index in [2.05, 4.69) is 32.0 Å². The predicted octanol–water partition coefficient (Wildman–Crippen LogP) is 1.41. The fourth-order valence-corrected chi connectivity index (χ4v) is 2.97. The van der Waals surface area contributed by atoms with E-state index in [0.717, 1.165) is 41.2 Å². The van der Waals surface area contributed by atoms with E-state index in [4.69, 9.17) is 5.73 Å². The fourth-order valence-electron chi connectivity index (χ4n) is 2.26. The Labute approximate surface area is 116 Å². The first-order valence-corrected chi connectivity index (χ1v) is 7.31. The first kappa shape index (κ1) is 12.6. The maximum atomic E-state index is 6.11. The second-order valence-corrected chi connectivity index (χ2v) is 6.34. The van der Waals surface area contributed by atoms with Crippen LogP contribution in [-0.4, -0.2) is 39.3 Å². The van der Waals surface area contributed by atoms with Gasteiger partial charge in [-0.3, -0.25) is 5.10 Å². The van der Waals surface area contributed by atoms with Crippen LogP contribution in [0.15, 0.2) is 6.20 Å². The zero-order valence-corrected chi connectivity index (χ0v) is 11.9. The van der Waals surface area contributed by atoms with Crippen LogP contribution >= 0.6 is 11.3 Å². The highest BCUT2D eigenvalue weighted by molar-refractivity contribution is 7.14. The number of nitrogens with one attached hydrogen (secondary N) is 1. The average Bonchev–Trinajstić information content (AvgIpc) is 3.01. The normalized spacial score (nSPS) is 23.8. The summed E-state index contributed by atoms with van der Waals surface area (Å²) >= 11 is 1.61. The number of nitrogens with zero attached hydrogens (tertiary/aromatic N) is 4. The van der Waals surface area contributed by atoms with Gasteiger partial charge in [0.2, 0.25) is 5.95 Å². The largest absolute Gasteiger partial charge is 0.338 e. The summed E-state index contributed by atoms with van der Waals surface area (Å²) in [6.45, 7) is 5.97. The lowest BCUT2D eigenvalue weighted by Crippen LogP contribution is -2.48. The van der Waals surface area contributed by atoms with E-state index in [9.17, 15) is 0 Å². The van der Waals surface area contributed by atoms with Gasteiger partial charge in [-0.05, 0) is 19.3 Å². The molecule has 3 N–H and O–H groups in total. The lowest BCUT2D eigenvalue weighted by Gasteiger charge is -2.34. The molecule has 19 heavy (non-hydrogen) atoms. The number of hydrogen-bond donors (Lipinski definition) is 2. The van der Waals surface area contributed by atoms with E-state index in [1.54, 1.807) is 11.3 Å². The minimum absolute atomic E-state index is 0.196. The number of aromatic amines is 1. The van der Waals surface area contributed by atoms with Gasteiger partial charge in [-0.1, -0.05) is 6.92 Å². The average molecular weight is 278 g/mol. The Bertz CT molecular complexity index is 562. The molecular formula is C12H18N6S. The Morgan fingerprint density at radius 1 is 1.53 bits per heavy atom. The molecule has 2 unspecified atom stereocenters. The molecule has 0 radical (unpaired) electrons. The van der Waals surface area contributed by atoms with Gasteiger partial charge in [0.15, 0.2) is 5.82 Å². The maximum Gasteiger partial charge on any atom is 0.245 e. The Balaban J connectivity index is 1.78. The summed E-state index contributed by atoms with van der Waals surface area (Å²) in [5.41, 5.74) is 6.11. The molecule has 1 fully saturated rings. The number of piperidine rings is 1. The van der Waals surface area contributed by atoms with Crippen molar-refractivity contribution < 1.29 is 0 Å². The minimum atomic E-state index is 0.196. The van der Waals surface area contributed by atoms with Crippen LogP contribution < -0.4 is 10.6 Å². The molecule has 6 nitrogen and oxygen atoms in total. The Morgan fingerprint density at radius 3 is 3.05 bits per heavy atom. The van der Waals surface area contributed by atoms with Gasteiger partial charge in [-0.15, -0.1) is 16.4 Å². The lowest BCUT2D eigenvalue weighted by molar-refractivity contribution is 0.376. The number of rotatable bonds is 2. The summed E-state index contributed by atoms with van der Waals surface area (Å²) in [5.74, 6) is 2.09. The molecule has 3 rings (SSSR count). The van der Waals surface area contributed by atoms with E-state index in [0.29, 0.717) is 5.92 Å². The molecule has 3 heterocycles. The van der Waals surface area contributed by atoms with Gasteiger partial charge in [-0.2, -0.15) is 4.98 Å². The Kier molecular flexibility index (Phi) is 3.24. The quantitative estimate of drug-likeness (QED) is 0.867. The first-order chi connectivity index (χ1) is 9.13. The van der Waals surface area contributed by atoms with E-state index in [-0.39, 0.29) is 6.04 Å². The zero-order valence-electron chi connectivity index (χ0n) is 11.1. The second kappa shape index (κ2) is 4.90.